The molecule has 2 aromatic heterocycles. The molecule has 1 fully saturated rings. The highest BCUT2D eigenvalue weighted by molar-refractivity contribution is 5.79. The van der Waals surface area contributed by atoms with Gasteiger partial charge in [-0.3, -0.25) is 4.79 Å². The first kappa shape index (κ1) is 21.8. The zero-order valence-corrected chi connectivity index (χ0v) is 17.3. The Bertz CT molecular complexity index is 1100. The largest absolute Gasteiger partial charge is 0.396 e. The van der Waals surface area contributed by atoms with E-state index in [9.17, 15) is 14.3 Å². The minimum atomic E-state index is -0.767. The Kier molecular flexibility index (Phi) is 6.12. The second-order valence-corrected chi connectivity index (χ2v) is 7.86. The van der Waals surface area contributed by atoms with E-state index in [1.807, 2.05) is 6.92 Å². The molecule has 0 spiro atoms. The predicted octanol–water partition coefficient (Wildman–Crippen LogP) is 1.61. The molecule has 11 heteroatoms. The van der Waals surface area contributed by atoms with Crippen LogP contribution in [0.4, 0.5) is 10.3 Å². The highest BCUT2D eigenvalue weighted by Crippen LogP contribution is 2.35. The first-order valence-electron chi connectivity index (χ1n) is 9.92. The molecule has 1 aliphatic rings. The molecule has 1 saturated heterocycles. The predicted molar refractivity (Wildman–Crippen MR) is 113 cm³/mol. The Balaban J connectivity index is 1.70. The fourth-order valence-corrected chi connectivity index (χ4v) is 3.15. The molecule has 0 saturated carbocycles. The number of nitrogens with zero attached hydrogens (tertiary/aromatic N) is 3. The van der Waals surface area contributed by atoms with E-state index in [0.29, 0.717) is 41.7 Å². The number of aromatic nitrogens is 4. The van der Waals surface area contributed by atoms with Crippen molar-refractivity contribution in [1.82, 2.24) is 19.9 Å². The zero-order chi connectivity index (χ0) is 22.7. The summed E-state index contributed by atoms with van der Waals surface area (Å²) in [5, 5.41) is 12.3. The molecule has 4 rings (SSSR count). The summed E-state index contributed by atoms with van der Waals surface area (Å²) in [5.41, 5.74) is 6.88. The van der Waals surface area contributed by atoms with E-state index < -0.39 is 17.6 Å². The molecule has 32 heavy (non-hydrogen) atoms. The van der Waals surface area contributed by atoms with E-state index in [2.05, 4.69) is 25.3 Å². The van der Waals surface area contributed by atoms with Crippen LogP contribution >= 0.6 is 0 Å². The quantitative estimate of drug-likeness (QED) is 0.431. The van der Waals surface area contributed by atoms with E-state index in [0.717, 1.165) is 0 Å². The minimum absolute atomic E-state index is 0.0635. The average Bonchev–Trinajstić information content (AvgIpc) is 3.24. The summed E-state index contributed by atoms with van der Waals surface area (Å²) >= 11 is 0. The van der Waals surface area contributed by atoms with Crippen LogP contribution in [0.5, 0.6) is 0 Å². The molecule has 0 radical (unpaired) electrons. The SMILES string of the molecule is CC1(CO)COC(c2nc(-c3ccc(F)cc3)c(-c3ccnc(NCC(N)=O)n3)[nH]2)OC1. The molecule has 0 unspecified atom stereocenters. The van der Waals surface area contributed by atoms with Crippen LogP contribution in [0.15, 0.2) is 36.5 Å². The molecule has 1 aliphatic heterocycles. The molecule has 1 aromatic carbocycles. The highest BCUT2D eigenvalue weighted by Gasteiger charge is 2.34. The number of rotatable bonds is 7. The number of carbonyl (C=O) groups is 1. The van der Waals surface area contributed by atoms with Crippen LogP contribution in [0.1, 0.15) is 19.0 Å². The first-order chi connectivity index (χ1) is 15.4. The summed E-state index contributed by atoms with van der Waals surface area (Å²) in [7, 11) is 0. The molecule has 168 valence electrons. The van der Waals surface area contributed by atoms with Gasteiger partial charge in [0.15, 0.2) is 5.82 Å². The Labute approximate surface area is 183 Å². The number of hydrogen-bond acceptors (Lipinski definition) is 8. The number of aliphatic hydroxyl groups excluding tert-OH is 1. The van der Waals surface area contributed by atoms with Crippen molar-refractivity contribution in [1.29, 1.82) is 0 Å². The molecule has 0 bridgehead atoms. The van der Waals surface area contributed by atoms with Gasteiger partial charge in [0.25, 0.3) is 0 Å². The van der Waals surface area contributed by atoms with Gasteiger partial charge in [-0.05, 0) is 30.3 Å². The third-order valence-electron chi connectivity index (χ3n) is 4.94. The lowest BCUT2D eigenvalue weighted by Crippen LogP contribution is -2.39. The third kappa shape index (κ3) is 4.74. The van der Waals surface area contributed by atoms with Gasteiger partial charge in [-0.2, -0.15) is 0 Å². The number of hydrogen-bond donors (Lipinski definition) is 4. The molecule has 0 aliphatic carbocycles. The maximum Gasteiger partial charge on any atom is 0.236 e. The Morgan fingerprint density at radius 2 is 2.00 bits per heavy atom. The van der Waals surface area contributed by atoms with E-state index >= 15 is 0 Å². The number of imidazole rings is 1. The van der Waals surface area contributed by atoms with E-state index in [-0.39, 0.29) is 24.9 Å². The van der Waals surface area contributed by atoms with Crippen LogP contribution in [0, 0.1) is 11.2 Å². The van der Waals surface area contributed by atoms with Crippen LogP contribution in [0.3, 0.4) is 0 Å². The van der Waals surface area contributed by atoms with Crippen molar-refractivity contribution in [3.05, 3.63) is 48.2 Å². The van der Waals surface area contributed by atoms with Crippen LogP contribution in [0.2, 0.25) is 0 Å². The monoisotopic (exact) mass is 442 g/mol. The smallest absolute Gasteiger partial charge is 0.236 e. The van der Waals surface area contributed by atoms with Gasteiger partial charge < -0.3 is 30.6 Å². The topological polar surface area (TPSA) is 148 Å². The highest BCUT2D eigenvalue weighted by atomic mass is 19.1. The number of halogens is 1. The number of benzene rings is 1. The lowest BCUT2D eigenvalue weighted by Gasteiger charge is -2.35. The van der Waals surface area contributed by atoms with E-state index in [4.69, 9.17) is 15.2 Å². The summed E-state index contributed by atoms with van der Waals surface area (Å²) in [6, 6.07) is 7.57. The fourth-order valence-electron chi connectivity index (χ4n) is 3.15. The Morgan fingerprint density at radius 1 is 1.28 bits per heavy atom. The first-order valence-corrected chi connectivity index (χ1v) is 9.92. The summed E-state index contributed by atoms with van der Waals surface area (Å²) in [4.78, 5) is 27.4. The molecule has 3 heterocycles. The van der Waals surface area contributed by atoms with Crippen molar-refractivity contribution in [3.63, 3.8) is 0 Å². The molecular formula is C21H23FN6O4. The molecule has 1 amide bonds. The van der Waals surface area contributed by atoms with Crippen molar-refractivity contribution in [2.75, 3.05) is 31.7 Å². The number of primary amides is 1. The Hall–Kier alpha value is -3.41. The van der Waals surface area contributed by atoms with E-state index in [1.165, 1.54) is 18.3 Å². The van der Waals surface area contributed by atoms with Gasteiger partial charge in [-0.25, -0.2) is 19.3 Å². The van der Waals surface area contributed by atoms with Crippen molar-refractivity contribution >= 4 is 11.9 Å². The molecule has 3 aromatic rings. The standard InChI is InChI=1S/C21H23FN6O4/c1-21(9-29)10-31-19(32-11-21)18-27-16(12-2-4-13(22)5-3-12)17(28-18)14-6-7-24-20(26-14)25-8-15(23)30/h2-7,19,29H,8-11H2,1H3,(H2,23,30)(H,27,28)(H,24,25,26). The maximum absolute atomic E-state index is 13.5. The normalized spacial score (nSPS) is 20.8. The number of carbonyl (C=O) groups excluding carboxylic acids is 1. The van der Waals surface area contributed by atoms with Crippen LogP contribution < -0.4 is 11.1 Å². The van der Waals surface area contributed by atoms with E-state index in [1.54, 1.807) is 18.2 Å². The zero-order valence-electron chi connectivity index (χ0n) is 17.3. The summed E-state index contributed by atoms with van der Waals surface area (Å²) in [6.07, 6.45) is 0.762. The van der Waals surface area contributed by atoms with Gasteiger partial charge >= 0.3 is 0 Å². The number of H-pyrrole nitrogens is 1. The minimum Gasteiger partial charge on any atom is -0.396 e. The van der Waals surface area contributed by atoms with Crippen molar-refractivity contribution in [3.8, 4) is 22.6 Å². The summed E-state index contributed by atoms with van der Waals surface area (Å²) < 4.78 is 25.0. The fraction of sp³-hybridized carbons (Fsp3) is 0.333. The number of nitrogens with two attached hydrogens (primary N) is 1. The number of aromatic amines is 1. The molecule has 5 N–H and O–H groups in total. The number of aliphatic hydroxyl groups is 1. The number of amides is 1. The summed E-state index contributed by atoms with van der Waals surface area (Å²) in [5.74, 6) is -0.291. The van der Waals surface area contributed by atoms with Gasteiger partial charge in [-0.15, -0.1) is 0 Å². The Morgan fingerprint density at radius 3 is 2.66 bits per heavy atom. The number of nitrogens with one attached hydrogen (secondary N) is 2. The van der Waals surface area contributed by atoms with Crippen molar-refractivity contribution in [2.24, 2.45) is 11.1 Å². The van der Waals surface area contributed by atoms with Gasteiger partial charge in [0.1, 0.15) is 5.82 Å². The number of anilines is 1. The maximum atomic E-state index is 13.5. The van der Waals surface area contributed by atoms with Gasteiger partial charge in [0, 0.05) is 17.2 Å². The lowest BCUT2D eigenvalue weighted by molar-refractivity contribution is -0.239. The number of ether oxygens (including phenoxy) is 2. The van der Waals surface area contributed by atoms with Gasteiger partial charge in [0.2, 0.25) is 18.1 Å². The molecular weight excluding hydrogens is 419 g/mol. The van der Waals surface area contributed by atoms with Crippen LogP contribution in [-0.4, -0.2) is 57.3 Å². The molecule has 10 nitrogen and oxygen atoms in total. The third-order valence-corrected chi connectivity index (χ3v) is 4.94. The second kappa shape index (κ2) is 8.99. The van der Waals surface area contributed by atoms with Crippen LogP contribution in [-0.2, 0) is 14.3 Å². The van der Waals surface area contributed by atoms with Crippen LogP contribution in [0.25, 0.3) is 22.6 Å². The molecule has 0 atom stereocenters. The van der Waals surface area contributed by atoms with Gasteiger partial charge in [0.05, 0.1) is 43.4 Å². The average molecular weight is 442 g/mol. The van der Waals surface area contributed by atoms with Gasteiger partial charge in [-0.1, -0.05) is 6.92 Å². The lowest BCUT2D eigenvalue weighted by atomic mass is 9.94. The van der Waals surface area contributed by atoms with Crippen molar-refractivity contribution < 1.29 is 23.8 Å². The second-order valence-electron chi connectivity index (χ2n) is 7.86. The summed E-state index contributed by atoms with van der Waals surface area (Å²) in [6.45, 7) is 2.28. The van der Waals surface area contributed by atoms with Crippen molar-refractivity contribution in [2.45, 2.75) is 13.2 Å².